The average Bonchev–Trinajstić information content (AvgIpc) is 2.48. The molecule has 2 rings (SSSR count). The van der Waals surface area contributed by atoms with Crippen molar-refractivity contribution >= 4 is 17.6 Å². The van der Waals surface area contributed by atoms with E-state index in [2.05, 4.69) is 4.99 Å². The molecule has 1 aromatic carbocycles. The van der Waals surface area contributed by atoms with Crippen molar-refractivity contribution in [3.63, 3.8) is 0 Å². The lowest BCUT2D eigenvalue weighted by Crippen LogP contribution is -2.30. The normalized spacial score (nSPS) is 16.0. The summed E-state index contributed by atoms with van der Waals surface area (Å²) in [6.07, 6.45) is 2.78. The summed E-state index contributed by atoms with van der Waals surface area (Å²) in [6, 6.07) is 3.05. The van der Waals surface area contributed by atoms with Crippen LogP contribution in [0.3, 0.4) is 0 Å². The summed E-state index contributed by atoms with van der Waals surface area (Å²) in [7, 11) is 0. The fraction of sp³-hybridized carbons (Fsp3) is 0.353. The Bertz CT molecular complexity index is 731. The number of hydrogen-bond donors (Lipinski definition) is 2. The summed E-state index contributed by atoms with van der Waals surface area (Å²) < 4.78 is 31.9. The highest BCUT2D eigenvalue weighted by atomic mass is 19.1. The second-order valence-electron chi connectivity index (χ2n) is 5.75. The monoisotopic (exact) mass is 351 g/mol. The van der Waals surface area contributed by atoms with E-state index in [1.807, 2.05) is 0 Å². The number of ketones is 1. The van der Waals surface area contributed by atoms with E-state index in [4.69, 9.17) is 16.2 Å². The minimum Gasteiger partial charge on any atom is -0.454 e. The number of ether oxygens (including phenoxy) is 1. The van der Waals surface area contributed by atoms with Gasteiger partial charge in [0.05, 0.1) is 11.6 Å². The average molecular weight is 351 g/mol. The van der Waals surface area contributed by atoms with Crippen molar-refractivity contribution in [3.8, 4) is 0 Å². The summed E-state index contributed by atoms with van der Waals surface area (Å²) in [5, 5.41) is 0. The second-order valence-corrected chi connectivity index (χ2v) is 5.75. The van der Waals surface area contributed by atoms with Crippen LogP contribution in [0, 0.1) is 11.6 Å². The molecular weight excluding hydrogens is 332 g/mol. The maximum atomic E-state index is 13.6. The van der Waals surface area contributed by atoms with Gasteiger partial charge < -0.3 is 16.2 Å². The Balaban J connectivity index is 2.08. The topological polar surface area (TPSA) is 108 Å². The van der Waals surface area contributed by atoms with Gasteiger partial charge in [0.15, 0.2) is 6.61 Å². The summed E-state index contributed by atoms with van der Waals surface area (Å²) >= 11 is 0. The molecule has 4 N–H and O–H groups in total. The molecule has 1 aliphatic carbocycles. The highest BCUT2D eigenvalue weighted by Gasteiger charge is 2.24. The van der Waals surface area contributed by atoms with Crippen molar-refractivity contribution in [1.82, 2.24) is 0 Å². The van der Waals surface area contributed by atoms with Gasteiger partial charge in [-0.2, -0.15) is 0 Å². The smallest absolute Gasteiger partial charge is 0.344 e. The molecule has 0 unspecified atom stereocenters. The molecule has 0 radical (unpaired) electrons. The molecule has 0 amide bonds. The largest absolute Gasteiger partial charge is 0.454 e. The number of aliphatic imine (C=N–C) groups is 1. The molecule has 0 aromatic heterocycles. The fourth-order valence-corrected chi connectivity index (χ4v) is 2.28. The first kappa shape index (κ1) is 18.6. The molecule has 0 heterocycles. The van der Waals surface area contributed by atoms with Gasteiger partial charge in [0, 0.05) is 5.70 Å². The number of allylic oxidation sites excluding steroid dienone is 1. The Kier molecular flexibility index (Phi) is 5.84. The number of hydrogen-bond acceptors (Lipinski definition) is 5. The van der Waals surface area contributed by atoms with Gasteiger partial charge >= 0.3 is 5.97 Å². The molecule has 6 nitrogen and oxygen atoms in total. The zero-order valence-corrected chi connectivity index (χ0v) is 13.7. The van der Waals surface area contributed by atoms with Crippen LogP contribution in [0.4, 0.5) is 8.78 Å². The first-order chi connectivity index (χ1) is 11.8. The predicted molar refractivity (Wildman–Crippen MR) is 87.8 cm³/mol. The molecule has 134 valence electrons. The van der Waals surface area contributed by atoms with Crippen molar-refractivity contribution in [3.05, 3.63) is 46.7 Å². The second kappa shape index (κ2) is 7.87. The number of carbonyl (C=O) groups is 2. The van der Waals surface area contributed by atoms with Crippen LogP contribution in [0.1, 0.15) is 36.5 Å². The molecule has 0 bridgehead atoms. The van der Waals surface area contributed by atoms with Crippen LogP contribution in [0.25, 0.3) is 0 Å². The Morgan fingerprint density at radius 2 is 1.84 bits per heavy atom. The van der Waals surface area contributed by atoms with Crippen LogP contribution in [0.5, 0.6) is 0 Å². The van der Waals surface area contributed by atoms with Crippen LogP contribution < -0.4 is 11.5 Å². The lowest BCUT2D eigenvalue weighted by molar-refractivity contribution is -0.137. The van der Waals surface area contributed by atoms with Gasteiger partial charge in [0.1, 0.15) is 23.0 Å². The van der Waals surface area contributed by atoms with E-state index >= 15 is 0 Å². The van der Waals surface area contributed by atoms with Gasteiger partial charge in [-0.3, -0.25) is 9.79 Å². The summed E-state index contributed by atoms with van der Waals surface area (Å²) in [4.78, 5) is 28.3. The molecule has 1 aromatic rings. The number of rotatable bonds is 6. The van der Waals surface area contributed by atoms with Crippen molar-refractivity contribution < 1.29 is 23.1 Å². The van der Waals surface area contributed by atoms with Crippen molar-refractivity contribution in [2.75, 3.05) is 6.61 Å². The highest BCUT2D eigenvalue weighted by Crippen LogP contribution is 2.22. The Hall–Kier alpha value is -2.77. The van der Waals surface area contributed by atoms with Crippen LogP contribution in [-0.2, 0) is 9.53 Å². The van der Waals surface area contributed by atoms with Crippen molar-refractivity contribution in [1.29, 1.82) is 0 Å². The predicted octanol–water partition coefficient (Wildman–Crippen LogP) is 1.83. The lowest BCUT2D eigenvalue weighted by atomic mass is 9.94. The van der Waals surface area contributed by atoms with Crippen LogP contribution in [-0.4, -0.2) is 30.2 Å². The molecule has 0 saturated heterocycles. The minimum absolute atomic E-state index is 0.0382. The maximum Gasteiger partial charge on any atom is 0.344 e. The zero-order chi connectivity index (χ0) is 18.6. The molecule has 0 aliphatic heterocycles. The van der Waals surface area contributed by atoms with E-state index in [0.29, 0.717) is 0 Å². The number of Topliss-reactive ketones (excluding diaryl/α,β-unsaturated/α-hetero) is 1. The number of esters is 1. The third-order valence-electron chi connectivity index (χ3n) is 3.83. The molecule has 0 atom stereocenters. The molecular formula is C17H19F2N3O3. The van der Waals surface area contributed by atoms with Gasteiger partial charge in [0.25, 0.3) is 0 Å². The standard InChI is InChI=1S/C17H19F2N3O3/c1-9(20)14(16(21)22-10-4-2-5-10)17(24)25-8-13(23)15-11(18)6-3-7-12(15)19/h3,6-7,10H,2,4-5,8,20H2,1H3,(H2,21,22)/b14-9+. The van der Waals surface area contributed by atoms with Gasteiger partial charge in [-0.05, 0) is 38.3 Å². The van der Waals surface area contributed by atoms with Gasteiger partial charge in [-0.15, -0.1) is 0 Å². The quantitative estimate of drug-likeness (QED) is 0.267. The third kappa shape index (κ3) is 4.40. The Morgan fingerprint density at radius 1 is 1.24 bits per heavy atom. The molecule has 1 aliphatic rings. The van der Waals surface area contributed by atoms with E-state index in [9.17, 15) is 18.4 Å². The first-order valence-corrected chi connectivity index (χ1v) is 7.75. The van der Waals surface area contributed by atoms with Gasteiger partial charge in [0.2, 0.25) is 5.78 Å². The van der Waals surface area contributed by atoms with Crippen molar-refractivity contribution in [2.24, 2.45) is 16.5 Å². The molecule has 8 heteroatoms. The zero-order valence-electron chi connectivity index (χ0n) is 13.7. The summed E-state index contributed by atoms with van der Waals surface area (Å²) in [6.45, 7) is 0.599. The molecule has 0 spiro atoms. The van der Waals surface area contributed by atoms with E-state index in [1.54, 1.807) is 0 Å². The minimum atomic E-state index is -1.03. The highest BCUT2D eigenvalue weighted by molar-refractivity contribution is 6.19. The fourth-order valence-electron chi connectivity index (χ4n) is 2.28. The number of nitrogens with zero attached hydrogens (tertiary/aromatic N) is 1. The molecule has 25 heavy (non-hydrogen) atoms. The maximum absolute atomic E-state index is 13.6. The molecule has 1 saturated carbocycles. The van der Waals surface area contributed by atoms with E-state index in [-0.39, 0.29) is 23.1 Å². The van der Waals surface area contributed by atoms with Crippen molar-refractivity contribution in [2.45, 2.75) is 32.2 Å². The van der Waals surface area contributed by atoms with E-state index in [1.165, 1.54) is 6.92 Å². The number of carbonyl (C=O) groups excluding carboxylic acids is 2. The number of amidine groups is 1. The Morgan fingerprint density at radius 3 is 2.32 bits per heavy atom. The van der Waals surface area contributed by atoms with Gasteiger partial charge in [-0.25, -0.2) is 13.6 Å². The number of benzene rings is 1. The summed E-state index contributed by atoms with van der Waals surface area (Å²) in [5.74, 6) is -4.10. The van der Waals surface area contributed by atoms with E-state index in [0.717, 1.165) is 37.5 Å². The molecule has 1 fully saturated rings. The van der Waals surface area contributed by atoms with Crippen LogP contribution >= 0.6 is 0 Å². The van der Waals surface area contributed by atoms with Crippen LogP contribution in [0.15, 0.2) is 34.5 Å². The van der Waals surface area contributed by atoms with Crippen LogP contribution in [0.2, 0.25) is 0 Å². The Labute approximate surface area is 143 Å². The lowest BCUT2D eigenvalue weighted by Gasteiger charge is -2.22. The summed E-state index contributed by atoms with van der Waals surface area (Å²) in [5.41, 5.74) is 10.6. The van der Waals surface area contributed by atoms with Gasteiger partial charge in [-0.1, -0.05) is 6.07 Å². The van der Waals surface area contributed by atoms with E-state index < -0.39 is 35.6 Å². The number of halogens is 2. The first-order valence-electron chi connectivity index (χ1n) is 7.75. The SMILES string of the molecule is C/C(N)=C(\C(=O)OCC(=O)c1c(F)cccc1F)C(N)=NC1CCC1. The third-order valence-corrected chi connectivity index (χ3v) is 3.83. The number of nitrogens with two attached hydrogens (primary N) is 2.